The summed E-state index contributed by atoms with van der Waals surface area (Å²) in [6.45, 7) is 12.6. The smallest absolute Gasteiger partial charge is 0.119 e. The van der Waals surface area contributed by atoms with Crippen LogP contribution in [0.4, 0.5) is 0 Å². The number of rotatable bonds is 23. The van der Waals surface area contributed by atoms with Crippen molar-refractivity contribution in [3.8, 4) is 68.6 Å². The lowest BCUT2D eigenvalue weighted by atomic mass is 9.84. The molecule has 2 aliphatic heterocycles. The zero-order valence-corrected chi connectivity index (χ0v) is 39.1. The van der Waals surface area contributed by atoms with E-state index in [0.29, 0.717) is 0 Å². The number of hydrogen-bond acceptors (Lipinski definition) is 6. The zero-order valence-electron chi connectivity index (χ0n) is 39.1. The Labute approximate surface area is 394 Å². The van der Waals surface area contributed by atoms with Gasteiger partial charge < -0.3 is 28.4 Å². The summed E-state index contributed by atoms with van der Waals surface area (Å²) in [7, 11) is 0. The Morgan fingerprint density at radius 3 is 0.970 bits per heavy atom. The van der Waals surface area contributed by atoms with Crippen LogP contribution in [0.2, 0.25) is 0 Å². The van der Waals surface area contributed by atoms with Crippen LogP contribution in [0.15, 0.2) is 121 Å². The minimum Gasteiger partial charge on any atom is -0.494 e. The van der Waals surface area contributed by atoms with Crippen LogP contribution < -0.4 is 9.47 Å². The van der Waals surface area contributed by atoms with Crippen LogP contribution in [0, 0.1) is 34.5 Å². The number of hydrogen-bond donors (Lipinski definition) is 0. The molecule has 4 aliphatic carbocycles. The minimum absolute atomic E-state index is 0.276. The van der Waals surface area contributed by atoms with Gasteiger partial charge in [0.2, 0.25) is 0 Å². The third-order valence-corrected chi connectivity index (χ3v) is 13.3. The van der Waals surface area contributed by atoms with E-state index in [1.165, 1.54) is 33.4 Å². The highest BCUT2D eigenvalue weighted by molar-refractivity contribution is 5.86. The quantitative estimate of drug-likeness (QED) is 0.0472. The Kier molecular flexibility index (Phi) is 16.9. The highest BCUT2D eigenvalue weighted by atomic mass is 16.5. The van der Waals surface area contributed by atoms with Gasteiger partial charge in [-0.05, 0) is 182 Å². The van der Waals surface area contributed by atoms with Gasteiger partial charge in [-0.15, -0.1) is 0 Å². The normalized spacial score (nSPS) is 14.6. The summed E-state index contributed by atoms with van der Waals surface area (Å²) in [5.41, 5.74) is 11.6. The summed E-state index contributed by atoms with van der Waals surface area (Å²) >= 11 is 0. The fraction of sp³-hybridized carbons (Fsp3) is 0.400. The highest BCUT2D eigenvalue weighted by Crippen LogP contribution is 2.37. The third-order valence-electron chi connectivity index (χ3n) is 13.3. The Balaban J connectivity index is 0.746. The lowest BCUT2D eigenvalue weighted by Crippen LogP contribution is -2.45. The second-order valence-corrected chi connectivity index (χ2v) is 18.4. The van der Waals surface area contributed by atoms with Gasteiger partial charge in [-0.2, -0.15) is 0 Å². The molecule has 0 saturated carbocycles. The summed E-state index contributed by atoms with van der Waals surface area (Å²) in [6.07, 6.45) is 11.2. The molecule has 8 rings (SSSR count). The van der Waals surface area contributed by atoms with Crippen LogP contribution in [0.1, 0.15) is 100 Å². The van der Waals surface area contributed by atoms with E-state index < -0.39 is 0 Å². The first kappa shape index (κ1) is 46.9. The molecule has 0 spiro atoms. The van der Waals surface area contributed by atoms with Crippen LogP contribution in [0.25, 0.3) is 33.4 Å². The number of unbranched alkanes of at least 4 members (excludes halogenated alkanes) is 6. The maximum Gasteiger partial charge on any atom is 0.119 e. The second-order valence-electron chi connectivity index (χ2n) is 18.4. The number of benzene rings is 2. The molecular weight excluding hydrogens is 817 g/mol. The van der Waals surface area contributed by atoms with Crippen molar-refractivity contribution in [2.24, 2.45) is 10.8 Å². The minimum atomic E-state index is 0.276. The Bertz CT molecular complexity index is 2240. The molecule has 6 heteroatoms. The average Bonchev–Trinajstić information content (AvgIpc) is 3.81. The fourth-order valence-electron chi connectivity index (χ4n) is 8.39. The molecule has 342 valence electrons. The summed E-state index contributed by atoms with van der Waals surface area (Å²) in [5.74, 6) is 15.1. The van der Waals surface area contributed by atoms with E-state index >= 15 is 0 Å². The number of fused-ring (bicyclic) bond motifs is 2. The molecule has 0 amide bonds. The predicted octanol–water partition coefficient (Wildman–Crippen LogP) is 13.1. The van der Waals surface area contributed by atoms with Crippen molar-refractivity contribution in [3.05, 3.63) is 144 Å². The lowest BCUT2D eigenvalue weighted by molar-refractivity contribution is -0.150. The van der Waals surface area contributed by atoms with Gasteiger partial charge >= 0.3 is 0 Å². The fourth-order valence-corrected chi connectivity index (χ4v) is 8.39. The molecule has 2 saturated heterocycles. The van der Waals surface area contributed by atoms with Crippen LogP contribution >= 0.6 is 0 Å². The van der Waals surface area contributed by atoms with E-state index in [2.05, 4.69) is 110 Å². The van der Waals surface area contributed by atoms with E-state index in [1.54, 1.807) is 0 Å². The first-order chi connectivity index (χ1) is 32.5. The maximum absolute atomic E-state index is 6.00. The molecular formula is C60H66O6. The molecule has 0 atom stereocenters. The van der Waals surface area contributed by atoms with E-state index in [-0.39, 0.29) is 10.8 Å². The molecule has 0 unspecified atom stereocenters. The van der Waals surface area contributed by atoms with Crippen molar-refractivity contribution in [2.75, 3.05) is 66.1 Å². The van der Waals surface area contributed by atoms with Gasteiger partial charge in [0.05, 0.1) is 52.9 Å². The van der Waals surface area contributed by atoms with Crippen molar-refractivity contribution >= 4 is 0 Å². The van der Waals surface area contributed by atoms with Gasteiger partial charge in [-0.25, -0.2) is 0 Å². The SMILES string of the molecule is CCC1(COCCCCCCOc2ccc(C#Cc3ccc4cc(-c5cc6ccc(C#Cc7ccc(OCCCCCCOCC8(CC)COC8)cc7)ccc-6c5)cc-4cc3)cc2)COC1. The molecule has 0 bridgehead atoms. The van der Waals surface area contributed by atoms with E-state index in [0.717, 1.165) is 164 Å². The molecule has 6 aliphatic rings. The molecule has 2 aromatic rings. The Hall–Kier alpha value is -5.60. The third kappa shape index (κ3) is 13.3. The van der Waals surface area contributed by atoms with Gasteiger partial charge in [0.15, 0.2) is 0 Å². The standard InChI is InChI=1S/C60H66O6/c1-3-59(43-63-44-59)41-61-33-9-5-7-11-35-65-57-29-21-49(22-30-57)15-13-47-17-25-51-37-55(38-52(51)26-18-47)56-39-53-27-19-48(20-28-54(53)40-56)14-16-50-23-31-58(32-24-50)66-36-12-8-6-10-34-62-42-60(4-2)45-64-46-60/h17-32,37-40H,3-12,33-36,41-46H2,1-2H3. The average molecular weight is 883 g/mol. The molecule has 0 N–H and O–H groups in total. The van der Waals surface area contributed by atoms with E-state index in [4.69, 9.17) is 28.4 Å². The summed E-state index contributed by atoms with van der Waals surface area (Å²) in [6, 6.07) is 42.4. The lowest BCUT2D eigenvalue weighted by Gasteiger charge is -2.40. The first-order valence-electron chi connectivity index (χ1n) is 24.4. The van der Waals surface area contributed by atoms with Crippen molar-refractivity contribution < 1.29 is 28.4 Å². The summed E-state index contributed by atoms with van der Waals surface area (Å²) in [4.78, 5) is 0. The maximum atomic E-state index is 6.00. The van der Waals surface area contributed by atoms with Gasteiger partial charge in [0.1, 0.15) is 11.5 Å². The monoisotopic (exact) mass is 882 g/mol. The number of ether oxygens (including phenoxy) is 6. The van der Waals surface area contributed by atoms with Gasteiger partial charge in [-0.3, -0.25) is 0 Å². The Morgan fingerprint density at radius 2 is 0.682 bits per heavy atom. The molecule has 0 aromatic heterocycles. The first-order valence-corrected chi connectivity index (χ1v) is 24.4. The predicted molar refractivity (Wildman–Crippen MR) is 267 cm³/mol. The van der Waals surface area contributed by atoms with Crippen LogP contribution in [0.5, 0.6) is 11.5 Å². The molecule has 2 heterocycles. The molecule has 0 radical (unpaired) electrons. The van der Waals surface area contributed by atoms with Crippen molar-refractivity contribution in [2.45, 2.75) is 78.1 Å². The molecule has 2 aromatic carbocycles. The molecule has 6 nitrogen and oxygen atoms in total. The van der Waals surface area contributed by atoms with Crippen LogP contribution in [-0.2, 0) is 18.9 Å². The highest BCUT2D eigenvalue weighted by Gasteiger charge is 2.37. The van der Waals surface area contributed by atoms with Crippen molar-refractivity contribution in [1.82, 2.24) is 0 Å². The Morgan fingerprint density at radius 1 is 0.379 bits per heavy atom. The van der Waals surface area contributed by atoms with Crippen LogP contribution in [-0.4, -0.2) is 66.1 Å². The van der Waals surface area contributed by atoms with E-state index in [1.807, 2.05) is 48.5 Å². The van der Waals surface area contributed by atoms with Gasteiger partial charge in [0, 0.05) is 46.3 Å². The zero-order chi connectivity index (χ0) is 45.3. The second kappa shape index (κ2) is 23.7. The van der Waals surface area contributed by atoms with Crippen LogP contribution in [0.3, 0.4) is 0 Å². The van der Waals surface area contributed by atoms with Gasteiger partial charge in [-0.1, -0.05) is 74.6 Å². The van der Waals surface area contributed by atoms with Gasteiger partial charge in [0.25, 0.3) is 0 Å². The van der Waals surface area contributed by atoms with E-state index in [9.17, 15) is 0 Å². The molecule has 66 heavy (non-hydrogen) atoms. The summed E-state index contributed by atoms with van der Waals surface area (Å²) < 4.78 is 34.6. The topological polar surface area (TPSA) is 55.4 Å². The largest absolute Gasteiger partial charge is 0.494 e. The summed E-state index contributed by atoms with van der Waals surface area (Å²) in [5, 5.41) is 0. The van der Waals surface area contributed by atoms with Crippen molar-refractivity contribution in [1.29, 1.82) is 0 Å². The molecule has 2 fully saturated rings. The van der Waals surface area contributed by atoms with Crippen molar-refractivity contribution in [3.63, 3.8) is 0 Å².